The van der Waals surface area contributed by atoms with Crippen LogP contribution in [0.1, 0.15) is 104 Å². The monoisotopic (exact) mass is 392 g/mol. The van der Waals surface area contributed by atoms with Gasteiger partial charge in [-0.15, -0.1) is 0 Å². The van der Waals surface area contributed by atoms with Crippen LogP contribution in [-0.4, -0.2) is 31.7 Å². The van der Waals surface area contributed by atoms with Gasteiger partial charge in [0.1, 0.15) is 0 Å². The molecule has 0 heterocycles. The molecule has 122 valence electrons. The van der Waals surface area contributed by atoms with Crippen LogP contribution in [0.25, 0.3) is 0 Å². The predicted molar refractivity (Wildman–Crippen MR) is 94.0 cm³/mol. The maximum absolute atomic E-state index is 10.9. The van der Waals surface area contributed by atoms with Gasteiger partial charge in [-0.3, -0.25) is 0 Å². The van der Waals surface area contributed by atoms with E-state index < -0.39 is 0 Å². The molecule has 0 rings (SSSR count). The first-order valence-electron chi connectivity index (χ1n) is 9.09. The number of aliphatic hydroxyl groups is 1. The van der Waals surface area contributed by atoms with Crippen LogP contribution in [0.5, 0.6) is 0 Å². The third-order valence-corrected chi connectivity index (χ3v) is 6.62. The summed E-state index contributed by atoms with van der Waals surface area (Å²) < 4.78 is -0.305. The molecule has 2 atom stereocenters. The molecular formula is C18H39OSb. The average Bonchev–Trinajstić information content (AvgIpc) is 2.42. The van der Waals surface area contributed by atoms with Crippen molar-refractivity contribution in [2.45, 2.75) is 108 Å². The molecule has 0 aliphatic carbocycles. The van der Waals surface area contributed by atoms with Gasteiger partial charge >= 0.3 is 142 Å². The van der Waals surface area contributed by atoms with E-state index in [0.29, 0.717) is 5.92 Å². The molecule has 0 bridgehead atoms. The molecule has 0 amide bonds. The van der Waals surface area contributed by atoms with E-state index >= 15 is 0 Å². The quantitative estimate of drug-likeness (QED) is 0.323. The summed E-state index contributed by atoms with van der Waals surface area (Å²) in [5.41, 5.74) is 0. The minimum atomic E-state index is -0.305. The fourth-order valence-electron chi connectivity index (χ4n) is 2.95. The first-order chi connectivity index (χ1) is 9.58. The third kappa shape index (κ3) is 10.5. The van der Waals surface area contributed by atoms with E-state index in [1.807, 2.05) is 0 Å². The van der Waals surface area contributed by atoms with E-state index in [-0.39, 0.29) is 3.55 Å². The van der Waals surface area contributed by atoms with E-state index in [2.05, 4.69) is 20.8 Å². The summed E-state index contributed by atoms with van der Waals surface area (Å²) in [5, 5.41) is 10.9. The van der Waals surface area contributed by atoms with Gasteiger partial charge in [-0.1, -0.05) is 0 Å². The van der Waals surface area contributed by atoms with Crippen molar-refractivity contribution in [1.82, 2.24) is 0 Å². The summed E-state index contributed by atoms with van der Waals surface area (Å²) in [4.78, 5) is 0. The number of hydrogen-bond donors (Lipinski definition) is 1. The Hall–Kier alpha value is 0.778. The molecule has 0 saturated heterocycles. The Morgan fingerprint density at radius 3 is 1.80 bits per heavy atom. The molecule has 2 heteroatoms. The fraction of sp³-hybridized carbons (Fsp3) is 1.00. The number of rotatable bonds is 14. The van der Waals surface area contributed by atoms with Crippen molar-refractivity contribution in [3.63, 3.8) is 0 Å². The van der Waals surface area contributed by atoms with E-state index in [0.717, 1.165) is 29.4 Å². The topological polar surface area (TPSA) is 20.2 Å². The van der Waals surface area contributed by atoms with Crippen LogP contribution in [0.15, 0.2) is 0 Å². The molecule has 0 aromatic heterocycles. The molecule has 1 nitrogen and oxygen atoms in total. The number of unbranched alkanes of at least 4 members (excludes halogenated alkanes) is 7. The summed E-state index contributed by atoms with van der Waals surface area (Å²) in [6.07, 6.45) is 16.6. The van der Waals surface area contributed by atoms with Crippen molar-refractivity contribution in [3.8, 4) is 0 Å². The second kappa shape index (κ2) is 13.4. The van der Waals surface area contributed by atoms with Crippen LogP contribution in [0.2, 0.25) is 0 Å². The second-order valence-corrected chi connectivity index (χ2v) is 9.34. The van der Waals surface area contributed by atoms with Gasteiger partial charge in [-0.05, 0) is 0 Å². The Labute approximate surface area is 141 Å². The summed E-state index contributed by atoms with van der Waals surface area (Å²) in [5.74, 6) is 0.573. The summed E-state index contributed by atoms with van der Waals surface area (Å²) in [6, 6.07) is 0. The summed E-state index contributed by atoms with van der Waals surface area (Å²) in [6.45, 7) is 6.79. The molecule has 0 aliphatic heterocycles. The molecule has 0 spiro atoms. The zero-order valence-electron chi connectivity index (χ0n) is 14.3. The van der Waals surface area contributed by atoms with Gasteiger partial charge in [0.15, 0.2) is 0 Å². The van der Waals surface area contributed by atoms with Crippen LogP contribution in [0, 0.1) is 5.92 Å². The normalized spacial score (nSPS) is 16.1. The Kier molecular flexibility index (Phi) is 14.0. The zero-order chi connectivity index (χ0) is 15.3. The molecule has 1 N–H and O–H groups in total. The SMILES string of the molecule is CCCCCCC(CCCC)[C](O)([SbH2])CCCCCC. The Balaban J connectivity index is 4.17. The van der Waals surface area contributed by atoms with Crippen molar-refractivity contribution >= 4 is 23.0 Å². The second-order valence-electron chi connectivity index (χ2n) is 6.49. The predicted octanol–water partition coefficient (Wildman–Crippen LogP) is 5.06. The molecule has 0 radical (unpaired) electrons. The molecule has 0 aliphatic rings. The van der Waals surface area contributed by atoms with Crippen molar-refractivity contribution in [2.24, 2.45) is 5.92 Å². The van der Waals surface area contributed by atoms with Gasteiger partial charge in [0.05, 0.1) is 0 Å². The first-order valence-corrected chi connectivity index (χ1v) is 10.7. The molecule has 0 fully saturated rings. The minimum absolute atomic E-state index is 0.305. The van der Waals surface area contributed by atoms with Crippen LogP contribution < -0.4 is 0 Å². The molecule has 0 aromatic carbocycles. The molecular weight excluding hydrogens is 354 g/mol. The van der Waals surface area contributed by atoms with Crippen molar-refractivity contribution in [3.05, 3.63) is 0 Å². The van der Waals surface area contributed by atoms with Crippen LogP contribution in [0.4, 0.5) is 0 Å². The molecule has 0 saturated carbocycles. The molecule has 20 heavy (non-hydrogen) atoms. The van der Waals surface area contributed by atoms with Crippen LogP contribution in [-0.2, 0) is 0 Å². The number of hydrogen-bond acceptors (Lipinski definition) is 1. The molecule has 0 aromatic rings. The van der Waals surface area contributed by atoms with Gasteiger partial charge in [-0.2, -0.15) is 0 Å². The third-order valence-electron chi connectivity index (χ3n) is 4.45. The van der Waals surface area contributed by atoms with Gasteiger partial charge in [0, 0.05) is 0 Å². The van der Waals surface area contributed by atoms with Crippen LogP contribution >= 0.6 is 0 Å². The van der Waals surface area contributed by atoms with E-state index in [9.17, 15) is 5.11 Å². The summed E-state index contributed by atoms with van der Waals surface area (Å²) >= 11 is 1.02. The zero-order valence-corrected chi connectivity index (χ0v) is 17.6. The van der Waals surface area contributed by atoms with Gasteiger partial charge in [0.25, 0.3) is 0 Å². The Morgan fingerprint density at radius 1 is 0.750 bits per heavy atom. The Bertz CT molecular complexity index is 204. The van der Waals surface area contributed by atoms with E-state index in [4.69, 9.17) is 0 Å². The Morgan fingerprint density at radius 2 is 1.25 bits per heavy atom. The van der Waals surface area contributed by atoms with Gasteiger partial charge in [0.2, 0.25) is 0 Å². The van der Waals surface area contributed by atoms with Gasteiger partial charge < -0.3 is 0 Å². The van der Waals surface area contributed by atoms with Crippen molar-refractivity contribution in [2.75, 3.05) is 0 Å². The fourth-order valence-corrected chi connectivity index (χ4v) is 4.49. The van der Waals surface area contributed by atoms with Crippen molar-refractivity contribution in [1.29, 1.82) is 0 Å². The van der Waals surface area contributed by atoms with E-state index in [1.165, 1.54) is 77.0 Å². The maximum atomic E-state index is 10.9. The van der Waals surface area contributed by atoms with Gasteiger partial charge in [-0.25, -0.2) is 0 Å². The summed E-state index contributed by atoms with van der Waals surface area (Å²) in [7, 11) is 0. The average molecular weight is 393 g/mol. The molecule has 2 unspecified atom stereocenters. The van der Waals surface area contributed by atoms with E-state index in [1.54, 1.807) is 0 Å². The van der Waals surface area contributed by atoms with Crippen molar-refractivity contribution < 1.29 is 5.11 Å². The standard InChI is InChI=1S/C18H37O.Sb.2H/c1-4-7-10-12-15-17(14-9-6-3)18(19)16-13-11-8-5-2;;;/h17,19H,4-16H2,1-3H3;;;. The van der Waals surface area contributed by atoms with Crippen LogP contribution in [0.3, 0.4) is 0 Å². The first kappa shape index (κ1) is 20.8.